The topological polar surface area (TPSA) is 9.86 Å². The Morgan fingerprint density at radius 3 is 1.72 bits per heavy atom. The molecule has 0 amide bonds. The van der Waals surface area contributed by atoms with Crippen molar-refractivity contribution in [3.05, 3.63) is 182 Å². The summed E-state index contributed by atoms with van der Waals surface area (Å²) in [5.41, 5.74) is 9.72. The van der Waals surface area contributed by atoms with Crippen molar-refractivity contribution in [3.63, 3.8) is 0 Å². The van der Waals surface area contributed by atoms with Gasteiger partial charge in [-0.1, -0.05) is 109 Å². The highest BCUT2D eigenvalue weighted by Gasteiger charge is 2.19. The first kappa shape index (κ1) is 29.0. The van der Waals surface area contributed by atoms with Crippen LogP contribution in [0.5, 0.6) is 0 Å². The monoisotopic (exact) mass is 690 g/mol. The van der Waals surface area contributed by atoms with Crippen molar-refractivity contribution in [2.24, 2.45) is 0 Å². The van der Waals surface area contributed by atoms with Gasteiger partial charge in [0.2, 0.25) is 0 Å². The van der Waals surface area contributed by atoms with Crippen molar-refractivity contribution >= 4 is 96.7 Å². The first-order chi connectivity index (χ1) is 26.3. The highest BCUT2D eigenvalue weighted by Crippen LogP contribution is 2.43. The van der Waals surface area contributed by atoms with Crippen LogP contribution in [0.25, 0.3) is 108 Å². The number of fused-ring (bicyclic) bond motifs is 11. The van der Waals surface area contributed by atoms with Gasteiger partial charge in [-0.25, -0.2) is 0 Å². The van der Waals surface area contributed by atoms with Gasteiger partial charge in [0.25, 0.3) is 0 Å². The van der Waals surface area contributed by atoms with E-state index < -0.39 is 0 Å². The average Bonchev–Trinajstić information content (AvgIpc) is 3.87. The van der Waals surface area contributed by atoms with Crippen LogP contribution in [0, 0.1) is 0 Å². The van der Waals surface area contributed by atoms with Crippen LogP contribution in [-0.4, -0.2) is 9.13 Å². The minimum Gasteiger partial charge on any atom is -0.309 e. The number of rotatable bonds is 3. The van der Waals surface area contributed by atoms with Gasteiger partial charge in [0.1, 0.15) is 0 Å². The minimum absolute atomic E-state index is 1.18. The zero-order valence-electron chi connectivity index (χ0n) is 28.6. The van der Waals surface area contributed by atoms with E-state index in [1.54, 1.807) is 0 Å². The van der Waals surface area contributed by atoms with Gasteiger partial charge in [-0.3, -0.25) is 0 Å². The van der Waals surface area contributed by atoms with E-state index >= 15 is 0 Å². The summed E-state index contributed by atoms with van der Waals surface area (Å²) in [5, 5.41) is 12.7. The number of benzene rings is 9. The Morgan fingerprint density at radius 2 is 0.906 bits per heavy atom. The number of hydrogen-bond acceptors (Lipinski definition) is 1. The van der Waals surface area contributed by atoms with Crippen LogP contribution < -0.4 is 0 Å². The van der Waals surface area contributed by atoms with E-state index in [4.69, 9.17) is 0 Å². The number of para-hydroxylation sites is 1. The van der Waals surface area contributed by atoms with Gasteiger partial charge in [0.05, 0.1) is 27.8 Å². The van der Waals surface area contributed by atoms with Gasteiger partial charge in [0, 0.05) is 47.4 Å². The molecule has 246 valence electrons. The normalized spacial score (nSPS) is 12.2. The summed E-state index contributed by atoms with van der Waals surface area (Å²) >= 11 is 1.87. The van der Waals surface area contributed by atoms with Crippen LogP contribution in [0.15, 0.2) is 182 Å². The first-order valence-electron chi connectivity index (χ1n) is 18.2. The Morgan fingerprint density at radius 1 is 0.321 bits per heavy atom. The fourth-order valence-corrected chi connectivity index (χ4v) is 9.96. The lowest BCUT2D eigenvalue weighted by atomic mass is 10.00. The van der Waals surface area contributed by atoms with Crippen molar-refractivity contribution in [3.8, 4) is 22.5 Å². The predicted octanol–water partition coefficient (Wildman–Crippen LogP) is 14.2. The van der Waals surface area contributed by atoms with Crippen molar-refractivity contribution in [2.45, 2.75) is 0 Å². The maximum Gasteiger partial charge on any atom is 0.0555 e. The molecule has 12 rings (SSSR count). The molecule has 3 aromatic heterocycles. The zero-order valence-corrected chi connectivity index (χ0v) is 29.4. The lowest BCUT2D eigenvalue weighted by Crippen LogP contribution is -1.94. The standard InChI is InChI=1S/C50H30N2S/c1-2-11-32-26-37(23-20-31(32)10-1)51-44-24-21-36(29-41(44)42-27-33-12-3-4-13-34(33)30-47(42)51)35-22-25-45-40(28-35)38-14-5-7-16-43(38)52(45)46-17-9-19-49-50(46)39-15-6-8-18-48(39)53-49/h1-30H. The van der Waals surface area contributed by atoms with Gasteiger partial charge in [-0.05, 0) is 105 Å². The lowest BCUT2D eigenvalue weighted by molar-refractivity contribution is 1.19. The number of nitrogens with zero attached hydrogens (tertiary/aromatic N) is 2. The molecule has 0 spiro atoms. The number of thiophene rings is 1. The smallest absolute Gasteiger partial charge is 0.0555 e. The Balaban J connectivity index is 1.09. The Hall–Kier alpha value is -6.68. The van der Waals surface area contributed by atoms with E-state index in [1.807, 2.05) is 11.3 Å². The van der Waals surface area contributed by atoms with Crippen LogP contribution in [0.4, 0.5) is 0 Å². The van der Waals surface area contributed by atoms with E-state index in [0.717, 1.165) is 0 Å². The molecule has 0 aliphatic heterocycles. The molecule has 3 heterocycles. The fraction of sp³-hybridized carbons (Fsp3) is 0. The lowest BCUT2D eigenvalue weighted by Gasteiger charge is -2.11. The molecule has 0 radical (unpaired) electrons. The van der Waals surface area contributed by atoms with Gasteiger partial charge in [-0.15, -0.1) is 11.3 Å². The molecule has 0 fully saturated rings. The van der Waals surface area contributed by atoms with Crippen LogP contribution in [0.3, 0.4) is 0 Å². The third kappa shape index (κ3) is 4.20. The Bertz CT molecular complexity index is 3470. The van der Waals surface area contributed by atoms with E-state index in [-0.39, 0.29) is 0 Å². The van der Waals surface area contributed by atoms with E-state index in [9.17, 15) is 0 Å². The highest BCUT2D eigenvalue weighted by atomic mass is 32.1. The summed E-state index contributed by atoms with van der Waals surface area (Å²) in [6.45, 7) is 0. The highest BCUT2D eigenvalue weighted by molar-refractivity contribution is 7.25. The van der Waals surface area contributed by atoms with E-state index in [2.05, 4.69) is 191 Å². The molecule has 0 aliphatic carbocycles. The van der Waals surface area contributed by atoms with Crippen LogP contribution in [-0.2, 0) is 0 Å². The molecule has 2 nitrogen and oxygen atoms in total. The molecule has 9 aromatic carbocycles. The molecule has 0 unspecified atom stereocenters. The number of aromatic nitrogens is 2. The summed E-state index contributed by atoms with van der Waals surface area (Å²) < 4.78 is 7.55. The molecule has 0 aliphatic rings. The maximum atomic E-state index is 2.47. The van der Waals surface area contributed by atoms with Crippen molar-refractivity contribution in [2.75, 3.05) is 0 Å². The second kappa shape index (κ2) is 10.9. The summed E-state index contributed by atoms with van der Waals surface area (Å²) in [7, 11) is 0. The molecular formula is C50H30N2S. The summed E-state index contributed by atoms with van der Waals surface area (Å²) in [6, 6.07) is 67.3. The minimum atomic E-state index is 1.18. The van der Waals surface area contributed by atoms with E-state index in [1.165, 1.54) is 108 Å². The fourth-order valence-electron chi connectivity index (χ4n) is 8.83. The molecule has 0 bridgehead atoms. The quantitative estimate of drug-likeness (QED) is 0.175. The molecule has 0 N–H and O–H groups in total. The van der Waals surface area contributed by atoms with Crippen LogP contribution in [0.1, 0.15) is 0 Å². The second-order valence-electron chi connectivity index (χ2n) is 14.1. The predicted molar refractivity (Wildman–Crippen MR) is 228 cm³/mol. The molecule has 0 saturated heterocycles. The van der Waals surface area contributed by atoms with Crippen LogP contribution >= 0.6 is 11.3 Å². The van der Waals surface area contributed by atoms with Gasteiger partial charge in [0.15, 0.2) is 0 Å². The maximum absolute atomic E-state index is 2.47. The van der Waals surface area contributed by atoms with Gasteiger partial charge in [-0.2, -0.15) is 0 Å². The third-order valence-electron chi connectivity index (χ3n) is 11.3. The largest absolute Gasteiger partial charge is 0.309 e. The SMILES string of the molecule is c1ccc2cc(-n3c4ccc(-c5ccc6c(c5)c5ccccc5n6-c5cccc6sc7ccccc7c56)cc4c4cc5ccccc5cc43)ccc2c1. The molecular weight excluding hydrogens is 661 g/mol. The van der Waals surface area contributed by atoms with Gasteiger partial charge >= 0.3 is 0 Å². The summed E-state index contributed by atoms with van der Waals surface area (Å²) in [5.74, 6) is 0. The summed E-state index contributed by atoms with van der Waals surface area (Å²) in [4.78, 5) is 0. The number of hydrogen-bond donors (Lipinski definition) is 0. The van der Waals surface area contributed by atoms with E-state index in [0.29, 0.717) is 0 Å². The third-order valence-corrected chi connectivity index (χ3v) is 12.4. The summed E-state index contributed by atoms with van der Waals surface area (Å²) in [6.07, 6.45) is 0. The molecule has 3 heteroatoms. The Labute approximate surface area is 309 Å². The van der Waals surface area contributed by atoms with Crippen molar-refractivity contribution in [1.82, 2.24) is 9.13 Å². The van der Waals surface area contributed by atoms with Gasteiger partial charge < -0.3 is 9.13 Å². The molecule has 12 aromatic rings. The van der Waals surface area contributed by atoms with Crippen molar-refractivity contribution < 1.29 is 0 Å². The van der Waals surface area contributed by atoms with Crippen molar-refractivity contribution in [1.29, 1.82) is 0 Å². The second-order valence-corrected chi connectivity index (χ2v) is 15.2. The zero-order chi connectivity index (χ0) is 34.6. The molecule has 0 atom stereocenters. The molecule has 0 saturated carbocycles. The average molecular weight is 691 g/mol. The van der Waals surface area contributed by atoms with Crippen LogP contribution in [0.2, 0.25) is 0 Å². The molecule has 53 heavy (non-hydrogen) atoms. The Kier molecular flexibility index (Phi) is 5.96. The first-order valence-corrected chi connectivity index (χ1v) is 19.0.